The zero-order valence-electron chi connectivity index (χ0n) is 19.2. The van der Waals surface area contributed by atoms with Crippen molar-refractivity contribution in [2.24, 2.45) is 0 Å². The highest BCUT2D eigenvalue weighted by atomic mass is 16.5. The van der Waals surface area contributed by atoms with E-state index >= 15 is 0 Å². The van der Waals surface area contributed by atoms with Crippen molar-refractivity contribution in [3.8, 4) is 22.9 Å². The van der Waals surface area contributed by atoms with Gasteiger partial charge in [0.1, 0.15) is 11.5 Å². The number of methoxy groups -OCH3 is 1. The Hall–Kier alpha value is -3.39. The molecule has 3 aromatic rings. The number of hydrogen-bond acceptors (Lipinski definition) is 7. The summed E-state index contributed by atoms with van der Waals surface area (Å²) in [5.74, 6) is 2.95. The second-order valence-corrected chi connectivity index (χ2v) is 8.16. The van der Waals surface area contributed by atoms with Crippen molar-refractivity contribution >= 4 is 5.91 Å². The second kappa shape index (κ2) is 11.0. The Morgan fingerprint density at radius 3 is 2.39 bits per heavy atom. The van der Waals surface area contributed by atoms with Crippen molar-refractivity contribution in [2.45, 2.75) is 26.3 Å². The summed E-state index contributed by atoms with van der Waals surface area (Å²) in [6.07, 6.45) is 1.18. The number of carbonyl (C=O) groups is 1. The second-order valence-electron chi connectivity index (χ2n) is 8.16. The minimum atomic E-state index is 0.174. The summed E-state index contributed by atoms with van der Waals surface area (Å²) < 4.78 is 16.3. The topological polar surface area (TPSA) is 80.9 Å². The van der Waals surface area contributed by atoms with Crippen LogP contribution in [-0.2, 0) is 11.3 Å². The van der Waals surface area contributed by atoms with Gasteiger partial charge in [-0.15, -0.1) is 0 Å². The molecule has 0 spiro atoms. The van der Waals surface area contributed by atoms with Crippen LogP contribution in [0, 0.1) is 6.92 Å². The van der Waals surface area contributed by atoms with E-state index in [0.717, 1.165) is 30.2 Å². The summed E-state index contributed by atoms with van der Waals surface area (Å²) in [4.78, 5) is 21.2. The minimum absolute atomic E-state index is 0.174. The van der Waals surface area contributed by atoms with Gasteiger partial charge in [-0.25, -0.2) is 0 Å². The first-order valence-corrected chi connectivity index (χ1v) is 11.3. The predicted octanol–water partition coefficient (Wildman–Crippen LogP) is 3.56. The maximum atomic E-state index is 12.5. The Morgan fingerprint density at radius 2 is 1.70 bits per heavy atom. The molecular formula is C25H30N4O4. The molecule has 1 aliphatic heterocycles. The third kappa shape index (κ3) is 6.32. The number of carbonyl (C=O) groups excluding carboxylic acids is 1. The third-order valence-corrected chi connectivity index (χ3v) is 5.72. The Labute approximate surface area is 194 Å². The van der Waals surface area contributed by atoms with Crippen LogP contribution in [0.4, 0.5) is 0 Å². The maximum Gasteiger partial charge on any atom is 0.241 e. The largest absolute Gasteiger partial charge is 0.497 e. The lowest BCUT2D eigenvalue weighted by atomic mass is 10.1. The molecule has 0 bridgehead atoms. The highest BCUT2D eigenvalue weighted by Crippen LogP contribution is 2.19. The molecule has 8 nitrogen and oxygen atoms in total. The third-order valence-electron chi connectivity index (χ3n) is 5.72. The van der Waals surface area contributed by atoms with Gasteiger partial charge in [-0.3, -0.25) is 9.69 Å². The highest BCUT2D eigenvalue weighted by Gasteiger charge is 2.22. The number of aromatic nitrogens is 2. The van der Waals surface area contributed by atoms with Crippen LogP contribution in [0.1, 0.15) is 24.3 Å². The standard InChI is InChI=1S/C25H30N4O4/c1-19-5-7-20(8-6-19)25-26-23(33-27-25)18-28-13-15-29(16-14-28)24(30)4-3-17-32-22-11-9-21(31-2)10-12-22/h5-12H,3-4,13-18H2,1-2H3. The van der Waals surface area contributed by atoms with E-state index in [9.17, 15) is 4.79 Å². The fourth-order valence-corrected chi connectivity index (χ4v) is 3.73. The first-order valence-electron chi connectivity index (χ1n) is 11.3. The Bertz CT molecular complexity index is 1030. The van der Waals surface area contributed by atoms with E-state index < -0.39 is 0 Å². The van der Waals surface area contributed by atoms with E-state index in [1.165, 1.54) is 5.56 Å². The lowest BCUT2D eigenvalue weighted by Crippen LogP contribution is -2.48. The molecular weight excluding hydrogens is 420 g/mol. The normalized spacial score (nSPS) is 14.3. The number of ether oxygens (including phenoxy) is 2. The number of amides is 1. The molecule has 1 fully saturated rings. The van der Waals surface area contributed by atoms with Crippen molar-refractivity contribution in [3.63, 3.8) is 0 Å². The maximum absolute atomic E-state index is 12.5. The van der Waals surface area contributed by atoms with Crippen molar-refractivity contribution in [3.05, 3.63) is 60.0 Å². The van der Waals surface area contributed by atoms with E-state index in [4.69, 9.17) is 14.0 Å². The van der Waals surface area contributed by atoms with Crippen LogP contribution in [0.2, 0.25) is 0 Å². The van der Waals surface area contributed by atoms with Crippen LogP contribution in [0.5, 0.6) is 11.5 Å². The van der Waals surface area contributed by atoms with Gasteiger partial charge >= 0.3 is 0 Å². The summed E-state index contributed by atoms with van der Waals surface area (Å²) in [6, 6.07) is 15.5. The zero-order valence-corrected chi connectivity index (χ0v) is 19.2. The van der Waals surface area contributed by atoms with Gasteiger partial charge in [-0.05, 0) is 37.6 Å². The average molecular weight is 451 g/mol. The molecule has 0 radical (unpaired) electrons. The number of benzene rings is 2. The molecule has 1 aromatic heterocycles. The molecule has 4 rings (SSSR count). The van der Waals surface area contributed by atoms with Crippen LogP contribution in [-0.4, -0.2) is 65.7 Å². The van der Waals surface area contributed by atoms with Crippen molar-refractivity contribution in [1.82, 2.24) is 19.9 Å². The molecule has 1 saturated heterocycles. The minimum Gasteiger partial charge on any atom is -0.497 e. The molecule has 0 aliphatic carbocycles. The first kappa shape index (κ1) is 22.8. The average Bonchev–Trinajstić information content (AvgIpc) is 3.31. The van der Waals surface area contributed by atoms with Crippen molar-refractivity contribution < 1.29 is 18.8 Å². The smallest absolute Gasteiger partial charge is 0.241 e. The number of rotatable bonds is 9. The number of hydrogen-bond donors (Lipinski definition) is 0. The summed E-state index contributed by atoms with van der Waals surface area (Å²) in [6.45, 7) is 6.14. The van der Waals surface area contributed by atoms with E-state index in [2.05, 4.69) is 15.0 Å². The molecule has 2 heterocycles. The van der Waals surface area contributed by atoms with Gasteiger partial charge in [0, 0.05) is 38.2 Å². The Kier molecular flexibility index (Phi) is 7.57. The summed E-state index contributed by atoms with van der Waals surface area (Å²) in [5, 5.41) is 4.10. The van der Waals surface area contributed by atoms with Gasteiger partial charge in [0.25, 0.3) is 0 Å². The quantitative estimate of drug-likeness (QED) is 0.461. The van der Waals surface area contributed by atoms with Crippen LogP contribution in [0.15, 0.2) is 53.1 Å². The lowest BCUT2D eigenvalue weighted by Gasteiger charge is -2.34. The first-order chi connectivity index (χ1) is 16.1. The molecule has 1 aliphatic rings. The van der Waals surface area contributed by atoms with Gasteiger partial charge in [-0.1, -0.05) is 35.0 Å². The SMILES string of the molecule is COc1ccc(OCCCC(=O)N2CCN(Cc3nc(-c4ccc(C)cc4)no3)CC2)cc1. The number of nitrogens with zero attached hydrogens (tertiary/aromatic N) is 4. The molecule has 0 N–H and O–H groups in total. The molecule has 0 unspecified atom stereocenters. The molecule has 0 saturated carbocycles. The van der Waals surface area contributed by atoms with E-state index in [-0.39, 0.29) is 5.91 Å². The van der Waals surface area contributed by atoms with Crippen LogP contribution >= 0.6 is 0 Å². The summed E-state index contributed by atoms with van der Waals surface area (Å²) in [5.41, 5.74) is 2.14. The van der Waals surface area contributed by atoms with Gasteiger partial charge in [-0.2, -0.15) is 4.98 Å². The van der Waals surface area contributed by atoms with E-state index in [1.54, 1.807) is 7.11 Å². The summed E-state index contributed by atoms with van der Waals surface area (Å²) in [7, 11) is 1.63. The van der Waals surface area contributed by atoms with Crippen molar-refractivity contribution in [2.75, 3.05) is 39.9 Å². The molecule has 174 valence electrons. The van der Waals surface area contributed by atoms with Crippen LogP contribution in [0.3, 0.4) is 0 Å². The monoisotopic (exact) mass is 450 g/mol. The van der Waals surface area contributed by atoms with Gasteiger partial charge < -0.3 is 18.9 Å². The molecule has 8 heteroatoms. The predicted molar refractivity (Wildman–Crippen MR) is 124 cm³/mol. The van der Waals surface area contributed by atoms with Crippen LogP contribution in [0.25, 0.3) is 11.4 Å². The Morgan fingerprint density at radius 1 is 1.00 bits per heavy atom. The van der Waals surface area contributed by atoms with Crippen LogP contribution < -0.4 is 9.47 Å². The van der Waals surface area contributed by atoms with Gasteiger partial charge in [0.15, 0.2) is 0 Å². The zero-order chi connectivity index (χ0) is 23.0. The van der Waals surface area contributed by atoms with Gasteiger partial charge in [0.05, 0.1) is 20.3 Å². The number of piperazine rings is 1. The van der Waals surface area contributed by atoms with Crippen molar-refractivity contribution in [1.29, 1.82) is 0 Å². The molecule has 33 heavy (non-hydrogen) atoms. The van der Waals surface area contributed by atoms with E-state index in [1.807, 2.05) is 60.4 Å². The molecule has 0 atom stereocenters. The fourth-order valence-electron chi connectivity index (χ4n) is 3.73. The van der Waals surface area contributed by atoms with E-state index in [0.29, 0.717) is 50.8 Å². The number of aryl methyl sites for hydroxylation is 1. The summed E-state index contributed by atoms with van der Waals surface area (Å²) >= 11 is 0. The van der Waals surface area contributed by atoms with Gasteiger partial charge in [0.2, 0.25) is 17.6 Å². The Balaban J connectivity index is 1.16. The fraction of sp³-hybridized carbons (Fsp3) is 0.400. The lowest BCUT2D eigenvalue weighted by molar-refractivity contribution is -0.133. The highest BCUT2D eigenvalue weighted by molar-refractivity contribution is 5.76. The molecule has 1 amide bonds. The molecule has 2 aromatic carbocycles.